The maximum absolute atomic E-state index is 12.7. The molecule has 0 radical (unpaired) electrons. The van der Waals surface area contributed by atoms with E-state index in [0.29, 0.717) is 19.6 Å². The second-order valence-electron chi connectivity index (χ2n) is 7.33. The fourth-order valence-corrected chi connectivity index (χ4v) is 3.66. The number of hydrogen-bond donors (Lipinski definition) is 1. The van der Waals surface area contributed by atoms with Crippen LogP contribution in [0.1, 0.15) is 37.3 Å². The zero-order valence-corrected chi connectivity index (χ0v) is 20.0. The molecule has 1 N–H and O–H groups in total. The van der Waals surface area contributed by atoms with Gasteiger partial charge in [0.05, 0.1) is 12.2 Å². The number of likely N-dealkylation sites (tertiary alicyclic amines) is 1. The first-order valence-electron chi connectivity index (χ1n) is 9.97. The third-order valence-corrected chi connectivity index (χ3v) is 5.09. The van der Waals surface area contributed by atoms with Crippen molar-refractivity contribution in [3.05, 3.63) is 17.0 Å². The lowest BCUT2D eigenvalue weighted by Crippen LogP contribution is -2.42. The summed E-state index contributed by atoms with van der Waals surface area (Å²) >= 11 is 0. The highest BCUT2D eigenvalue weighted by atomic mass is 127. The minimum absolute atomic E-state index is 0. The molecule has 0 amide bonds. The fourth-order valence-electron chi connectivity index (χ4n) is 3.66. The zero-order chi connectivity index (χ0) is 20.7. The highest BCUT2D eigenvalue weighted by molar-refractivity contribution is 14.0. The summed E-state index contributed by atoms with van der Waals surface area (Å²) in [6.07, 6.45) is -2.52. The number of nitrogens with zero attached hydrogens (tertiary/aromatic N) is 4. The normalized spacial score (nSPS) is 17.7. The van der Waals surface area contributed by atoms with Gasteiger partial charge in [0, 0.05) is 38.3 Å². The molecule has 1 unspecified atom stereocenters. The van der Waals surface area contributed by atoms with E-state index in [1.54, 1.807) is 6.92 Å². The van der Waals surface area contributed by atoms with Gasteiger partial charge in [0.25, 0.3) is 0 Å². The van der Waals surface area contributed by atoms with E-state index in [0.717, 1.165) is 55.5 Å². The van der Waals surface area contributed by atoms with Gasteiger partial charge in [-0.3, -0.25) is 9.89 Å². The molecule has 168 valence electrons. The van der Waals surface area contributed by atoms with E-state index >= 15 is 0 Å². The fraction of sp³-hybridized carbons (Fsp3) is 0.789. The van der Waals surface area contributed by atoms with Gasteiger partial charge in [0.2, 0.25) is 0 Å². The van der Waals surface area contributed by atoms with Gasteiger partial charge in [-0.15, -0.1) is 24.0 Å². The van der Waals surface area contributed by atoms with Crippen molar-refractivity contribution in [2.45, 2.75) is 46.7 Å². The Morgan fingerprint density at radius 2 is 2.07 bits per heavy atom. The average Bonchev–Trinajstić information content (AvgIpc) is 3.20. The quantitative estimate of drug-likeness (QED) is 0.316. The van der Waals surface area contributed by atoms with Gasteiger partial charge in [0.15, 0.2) is 5.96 Å². The molecule has 1 aromatic rings. The van der Waals surface area contributed by atoms with Crippen LogP contribution in [-0.4, -0.2) is 72.9 Å². The first-order valence-corrected chi connectivity index (χ1v) is 9.97. The molecule has 1 saturated heterocycles. The second kappa shape index (κ2) is 12.0. The van der Waals surface area contributed by atoms with Gasteiger partial charge in [-0.2, -0.15) is 13.2 Å². The van der Waals surface area contributed by atoms with E-state index < -0.39 is 12.7 Å². The Bertz CT molecular complexity index is 631. The van der Waals surface area contributed by atoms with Gasteiger partial charge in [-0.05, 0) is 46.1 Å². The molecule has 29 heavy (non-hydrogen) atoms. The van der Waals surface area contributed by atoms with E-state index in [1.807, 2.05) is 20.8 Å². The van der Waals surface area contributed by atoms with Gasteiger partial charge in [-0.1, -0.05) is 12.1 Å². The largest absolute Gasteiger partial charge is 0.401 e. The molecule has 0 saturated carbocycles. The highest BCUT2D eigenvalue weighted by Crippen LogP contribution is 2.21. The Hall–Kier alpha value is -1.04. The molecule has 2 rings (SSSR count). The standard InChI is InChI=1S/C19H32F3N5O.HI/c1-5-23-18(24-9-7-17-14(3)25-28-15(17)4)27-10-8-16(12-27)11-26(6-2)13-19(20,21)22;/h16H,5-13H2,1-4H3,(H,23,24);1H. The summed E-state index contributed by atoms with van der Waals surface area (Å²) < 4.78 is 43.3. The molecular weight excluding hydrogens is 498 g/mol. The van der Waals surface area contributed by atoms with Crippen molar-refractivity contribution in [1.29, 1.82) is 0 Å². The van der Waals surface area contributed by atoms with Crippen LogP contribution >= 0.6 is 24.0 Å². The van der Waals surface area contributed by atoms with Crippen LogP contribution in [0.25, 0.3) is 0 Å². The third-order valence-electron chi connectivity index (χ3n) is 5.09. The summed E-state index contributed by atoms with van der Waals surface area (Å²) in [6, 6.07) is 0. The minimum atomic E-state index is -4.15. The van der Waals surface area contributed by atoms with Crippen molar-refractivity contribution in [1.82, 2.24) is 20.3 Å². The van der Waals surface area contributed by atoms with Crippen LogP contribution < -0.4 is 5.32 Å². The topological polar surface area (TPSA) is 56.9 Å². The van der Waals surface area contributed by atoms with Crippen molar-refractivity contribution in [3.8, 4) is 0 Å². The van der Waals surface area contributed by atoms with Crippen LogP contribution in [0.4, 0.5) is 13.2 Å². The lowest BCUT2D eigenvalue weighted by atomic mass is 10.1. The van der Waals surface area contributed by atoms with E-state index in [-0.39, 0.29) is 29.9 Å². The van der Waals surface area contributed by atoms with Crippen LogP contribution in [0.3, 0.4) is 0 Å². The maximum atomic E-state index is 12.7. The molecule has 1 fully saturated rings. The van der Waals surface area contributed by atoms with Crippen LogP contribution in [0.15, 0.2) is 9.52 Å². The molecule has 2 heterocycles. The van der Waals surface area contributed by atoms with Crippen molar-refractivity contribution >= 4 is 29.9 Å². The van der Waals surface area contributed by atoms with Crippen LogP contribution in [0.5, 0.6) is 0 Å². The average molecular weight is 531 g/mol. The van der Waals surface area contributed by atoms with Crippen molar-refractivity contribution in [2.75, 3.05) is 45.8 Å². The Balaban J connectivity index is 0.00000420. The minimum Gasteiger partial charge on any atom is -0.361 e. The summed E-state index contributed by atoms with van der Waals surface area (Å²) in [5.74, 6) is 1.87. The van der Waals surface area contributed by atoms with Crippen LogP contribution in [-0.2, 0) is 6.42 Å². The summed E-state index contributed by atoms with van der Waals surface area (Å²) in [5, 5.41) is 7.27. The second-order valence-corrected chi connectivity index (χ2v) is 7.33. The summed E-state index contributed by atoms with van der Waals surface area (Å²) in [7, 11) is 0. The maximum Gasteiger partial charge on any atom is 0.401 e. The van der Waals surface area contributed by atoms with Gasteiger partial charge in [0.1, 0.15) is 5.76 Å². The molecule has 0 bridgehead atoms. The number of halogens is 4. The molecule has 6 nitrogen and oxygen atoms in total. The number of rotatable bonds is 8. The summed E-state index contributed by atoms with van der Waals surface area (Å²) in [5.41, 5.74) is 1.98. The molecule has 1 aromatic heterocycles. The molecule has 1 aliphatic heterocycles. The smallest absolute Gasteiger partial charge is 0.361 e. The zero-order valence-electron chi connectivity index (χ0n) is 17.7. The first kappa shape index (κ1) is 26.0. The lowest BCUT2D eigenvalue weighted by molar-refractivity contribution is -0.146. The predicted molar refractivity (Wildman–Crippen MR) is 119 cm³/mol. The number of aliphatic imine (C=N–C) groups is 1. The Morgan fingerprint density at radius 3 is 2.62 bits per heavy atom. The first-order chi connectivity index (χ1) is 13.2. The highest BCUT2D eigenvalue weighted by Gasteiger charge is 2.33. The summed E-state index contributed by atoms with van der Waals surface area (Å²) in [6.45, 7) is 10.5. The SMILES string of the molecule is CCNC(=NCCc1c(C)noc1C)N1CCC(CN(CC)CC(F)(F)F)C1.I. The number of guanidine groups is 1. The Labute approximate surface area is 188 Å². The van der Waals surface area contributed by atoms with Crippen LogP contribution in [0.2, 0.25) is 0 Å². The van der Waals surface area contributed by atoms with Gasteiger partial charge in [-0.25, -0.2) is 0 Å². The van der Waals surface area contributed by atoms with Crippen molar-refractivity contribution in [2.24, 2.45) is 10.9 Å². The summed E-state index contributed by atoms with van der Waals surface area (Å²) in [4.78, 5) is 8.35. The number of alkyl halides is 3. The van der Waals surface area contributed by atoms with Crippen molar-refractivity contribution in [3.63, 3.8) is 0 Å². The van der Waals surface area contributed by atoms with Crippen molar-refractivity contribution < 1.29 is 17.7 Å². The molecule has 1 aliphatic rings. The van der Waals surface area contributed by atoms with E-state index in [9.17, 15) is 13.2 Å². The Kier molecular flexibility index (Phi) is 10.7. The monoisotopic (exact) mass is 531 g/mol. The van der Waals surface area contributed by atoms with Crippen LogP contribution in [0, 0.1) is 19.8 Å². The van der Waals surface area contributed by atoms with E-state index in [1.165, 1.54) is 4.90 Å². The lowest BCUT2D eigenvalue weighted by Gasteiger charge is -2.26. The van der Waals surface area contributed by atoms with E-state index in [2.05, 4.69) is 15.4 Å². The predicted octanol–water partition coefficient (Wildman–Crippen LogP) is 3.62. The molecule has 0 spiro atoms. The number of hydrogen-bond acceptors (Lipinski definition) is 4. The number of aromatic nitrogens is 1. The Morgan fingerprint density at radius 1 is 1.34 bits per heavy atom. The number of aryl methyl sites for hydroxylation is 2. The van der Waals surface area contributed by atoms with Gasteiger partial charge >= 0.3 is 6.18 Å². The van der Waals surface area contributed by atoms with Gasteiger partial charge < -0.3 is 14.7 Å². The molecule has 0 aromatic carbocycles. The number of nitrogens with one attached hydrogen (secondary N) is 1. The van der Waals surface area contributed by atoms with E-state index in [4.69, 9.17) is 9.52 Å². The molecular formula is C19H33F3IN5O. The molecule has 0 aliphatic carbocycles. The molecule has 10 heteroatoms. The third kappa shape index (κ3) is 8.31. The molecule has 1 atom stereocenters.